The Labute approximate surface area is 118 Å². The van der Waals surface area contributed by atoms with Crippen molar-refractivity contribution in [1.82, 2.24) is 5.32 Å². The predicted octanol–water partition coefficient (Wildman–Crippen LogP) is 4.39. The van der Waals surface area contributed by atoms with E-state index in [0.717, 1.165) is 10.8 Å². The highest BCUT2D eigenvalue weighted by atomic mass is 35.5. The number of nitrogens with one attached hydrogen (secondary N) is 1. The van der Waals surface area contributed by atoms with Gasteiger partial charge in [-0.15, -0.1) is 11.8 Å². The quantitative estimate of drug-likeness (QED) is 0.814. The van der Waals surface area contributed by atoms with Crippen molar-refractivity contribution in [3.63, 3.8) is 0 Å². The molecule has 0 heterocycles. The molecule has 2 aromatic carbocycles. The monoisotopic (exact) mass is 277 g/mol. The molecule has 0 amide bonds. The number of thioether (sulfide) groups is 1. The topological polar surface area (TPSA) is 12.0 Å². The molecule has 94 valence electrons. The highest BCUT2D eigenvalue weighted by Crippen LogP contribution is 2.25. The van der Waals surface area contributed by atoms with Crippen LogP contribution >= 0.6 is 23.4 Å². The SMILES string of the molecule is CNC(CSc1ccccc1)c1ccc(Cl)cc1. The molecule has 0 radical (unpaired) electrons. The molecule has 0 aromatic heterocycles. The van der Waals surface area contributed by atoms with Crippen LogP contribution in [0.5, 0.6) is 0 Å². The maximum absolute atomic E-state index is 5.91. The second kappa shape index (κ2) is 6.83. The number of rotatable bonds is 5. The van der Waals surface area contributed by atoms with Gasteiger partial charge in [0.05, 0.1) is 0 Å². The first-order chi connectivity index (χ1) is 8.79. The molecule has 3 heteroatoms. The molecule has 0 aliphatic carbocycles. The summed E-state index contributed by atoms with van der Waals surface area (Å²) in [5.41, 5.74) is 1.27. The summed E-state index contributed by atoms with van der Waals surface area (Å²) in [6.07, 6.45) is 0. The van der Waals surface area contributed by atoms with Gasteiger partial charge in [-0.3, -0.25) is 0 Å². The highest BCUT2D eigenvalue weighted by Gasteiger charge is 2.09. The summed E-state index contributed by atoms with van der Waals surface area (Å²) < 4.78 is 0. The minimum absolute atomic E-state index is 0.340. The first kappa shape index (κ1) is 13.5. The zero-order valence-corrected chi connectivity index (χ0v) is 11.8. The lowest BCUT2D eigenvalue weighted by Gasteiger charge is -2.16. The molecule has 1 nitrogen and oxygen atoms in total. The van der Waals surface area contributed by atoms with Crippen molar-refractivity contribution in [2.24, 2.45) is 0 Å². The summed E-state index contributed by atoms with van der Waals surface area (Å²) in [6, 6.07) is 18.8. The van der Waals surface area contributed by atoms with E-state index in [0.29, 0.717) is 6.04 Å². The van der Waals surface area contributed by atoms with Crippen LogP contribution in [0.4, 0.5) is 0 Å². The van der Waals surface area contributed by atoms with Gasteiger partial charge in [0.1, 0.15) is 0 Å². The van der Waals surface area contributed by atoms with E-state index in [2.05, 4.69) is 41.7 Å². The van der Waals surface area contributed by atoms with Crippen molar-refractivity contribution in [3.05, 3.63) is 65.2 Å². The van der Waals surface area contributed by atoms with Crippen molar-refractivity contribution >= 4 is 23.4 Å². The fourth-order valence-corrected chi connectivity index (χ4v) is 2.93. The molecule has 0 aliphatic rings. The van der Waals surface area contributed by atoms with E-state index in [-0.39, 0.29) is 0 Å². The van der Waals surface area contributed by atoms with Crippen molar-refractivity contribution in [3.8, 4) is 0 Å². The largest absolute Gasteiger partial charge is 0.312 e. The molecular weight excluding hydrogens is 262 g/mol. The Bertz CT molecular complexity index is 470. The Hall–Kier alpha value is -0.960. The van der Waals surface area contributed by atoms with Crippen LogP contribution in [0.2, 0.25) is 5.02 Å². The summed E-state index contributed by atoms with van der Waals surface area (Å²) in [5.74, 6) is 1.00. The van der Waals surface area contributed by atoms with Crippen molar-refractivity contribution < 1.29 is 0 Å². The van der Waals surface area contributed by atoms with Crippen LogP contribution in [0.15, 0.2) is 59.5 Å². The van der Waals surface area contributed by atoms with E-state index in [1.165, 1.54) is 10.5 Å². The van der Waals surface area contributed by atoms with E-state index in [4.69, 9.17) is 11.6 Å². The first-order valence-corrected chi connectivity index (χ1v) is 7.26. The summed E-state index contributed by atoms with van der Waals surface area (Å²) in [5, 5.41) is 4.13. The summed E-state index contributed by atoms with van der Waals surface area (Å²) >= 11 is 7.76. The molecule has 2 rings (SSSR count). The third-order valence-electron chi connectivity index (χ3n) is 2.78. The smallest absolute Gasteiger partial charge is 0.0412 e. The van der Waals surface area contributed by atoms with Crippen molar-refractivity contribution in [2.45, 2.75) is 10.9 Å². The van der Waals surface area contributed by atoms with Gasteiger partial charge in [-0.25, -0.2) is 0 Å². The number of hydrogen-bond acceptors (Lipinski definition) is 2. The van der Waals surface area contributed by atoms with Crippen LogP contribution in [0, 0.1) is 0 Å². The average Bonchev–Trinajstić information content (AvgIpc) is 2.42. The van der Waals surface area contributed by atoms with Crippen LogP contribution in [0.25, 0.3) is 0 Å². The Kier molecular flexibility index (Phi) is 5.12. The Morgan fingerprint density at radius 3 is 2.33 bits per heavy atom. The fraction of sp³-hybridized carbons (Fsp3) is 0.200. The molecule has 1 unspecified atom stereocenters. The van der Waals surface area contributed by atoms with Gasteiger partial charge in [0.2, 0.25) is 0 Å². The van der Waals surface area contributed by atoms with Crippen LogP contribution in [0.3, 0.4) is 0 Å². The van der Waals surface area contributed by atoms with Gasteiger partial charge in [-0.1, -0.05) is 41.9 Å². The lowest BCUT2D eigenvalue weighted by molar-refractivity contribution is 0.662. The van der Waals surface area contributed by atoms with Crippen molar-refractivity contribution in [2.75, 3.05) is 12.8 Å². The molecule has 0 spiro atoms. The second-order valence-corrected chi connectivity index (χ2v) is 5.55. The van der Waals surface area contributed by atoms with E-state index in [1.54, 1.807) is 0 Å². The Morgan fingerprint density at radius 2 is 1.72 bits per heavy atom. The zero-order chi connectivity index (χ0) is 12.8. The molecule has 0 aliphatic heterocycles. The van der Waals surface area contributed by atoms with Crippen molar-refractivity contribution in [1.29, 1.82) is 0 Å². The minimum Gasteiger partial charge on any atom is -0.312 e. The molecule has 2 aromatic rings. The van der Waals surface area contributed by atoms with E-state index >= 15 is 0 Å². The Balaban J connectivity index is 1.99. The lowest BCUT2D eigenvalue weighted by Crippen LogP contribution is -2.18. The van der Waals surface area contributed by atoms with Gasteiger partial charge >= 0.3 is 0 Å². The molecule has 0 bridgehead atoms. The third-order valence-corrected chi connectivity index (χ3v) is 4.14. The molecule has 18 heavy (non-hydrogen) atoms. The molecule has 1 N–H and O–H groups in total. The predicted molar refractivity (Wildman–Crippen MR) is 80.4 cm³/mol. The molecular formula is C15H16ClNS. The fourth-order valence-electron chi connectivity index (χ4n) is 1.74. The Morgan fingerprint density at radius 1 is 1.06 bits per heavy atom. The normalized spacial score (nSPS) is 12.3. The third kappa shape index (κ3) is 3.77. The van der Waals surface area contributed by atoms with E-state index < -0.39 is 0 Å². The average molecular weight is 278 g/mol. The maximum atomic E-state index is 5.91. The first-order valence-electron chi connectivity index (χ1n) is 5.90. The summed E-state index contributed by atoms with van der Waals surface area (Å²) in [4.78, 5) is 1.30. The second-order valence-electron chi connectivity index (χ2n) is 4.02. The molecule has 1 atom stereocenters. The van der Waals surface area contributed by atoms with Gasteiger partial charge < -0.3 is 5.32 Å². The van der Waals surface area contributed by atoms with Crippen LogP contribution in [-0.2, 0) is 0 Å². The van der Waals surface area contributed by atoms with Gasteiger partial charge in [0.25, 0.3) is 0 Å². The number of benzene rings is 2. The standard InChI is InChI=1S/C15H16ClNS/c1-17-15(12-7-9-13(16)10-8-12)11-18-14-5-3-2-4-6-14/h2-10,15,17H,11H2,1H3. The van der Waals surface area contributed by atoms with E-state index in [1.807, 2.05) is 37.0 Å². The van der Waals surface area contributed by atoms with E-state index in [9.17, 15) is 0 Å². The van der Waals surface area contributed by atoms with Crippen LogP contribution in [0.1, 0.15) is 11.6 Å². The highest BCUT2D eigenvalue weighted by molar-refractivity contribution is 7.99. The molecule has 0 saturated carbocycles. The van der Waals surface area contributed by atoms with Crippen LogP contribution < -0.4 is 5.32 Å². The minimum atomic E-state index is 0.340. The summed E-state index contributed by atoms with van der Waals surface area (Å²) in [7, 11) is 1.99. The van der Waals surface area contributed by atoms with Gasteiger partial charge in [0, 0.05) is 21.7 Å². The summed E-state index contributed by atoms with van der Waals surface area (Å²) in [6.45, 7) is 0. The molecule has 0 saturated heterocycles. The van der Waals surface area contributed by atoms with Crippen LogP contribution in [-0.4, -0.2) is 12.8 Å². The van der Waals surface area contributed by atoms with Gasteiger partial charge in [-0.05, 0) is 36.9 Å². The lowest BCUT2D eigenvalue weighted by atomic mass is 10.1. The van der Waals surface area contributed by atoms with Gasteiger partial charge in [-0.2, -0.15) is 0 Å². The zero-order valence-electron chi connectivity index (χ0n) is 10.3. The van der Waals surface area contributed by atoms with Gasteiger partial charge in [0.15, 0.2) is 0 Å². The molecule has 0 fully saturated rings. The maximum Gasteiger partial charge on any atom is 0.0412 e. The number of halogens is 1. The number of hydrogen-bond donors (Lipinski definition) is 1.